The summed E-state index contributed by atoms with van der Waals surface area (Å²) in [6, 6.07) is 1.31. The first kappa shape index (κ1) is 16.0. The number of Topliss-reactive ketones (excluding diaryl/α,β-unsaturated/α-hetero) is 1. The molecule has 0 unspecified atom stereocenters. The lowest BCUT2D eigenvalue weighted by Gasteiger charge is -2.41. The molecule has 1 aromatic heterocycles. The number of nitrogens with zero attached hydrogens (tertiary/aromatic N) is 1. The van der Waals surface area contributed by atoms with Gasteiger partial charge in [-0.1, -0.05) is 29.4 Å². The van der Waals surface area contributed by atoms with Crippen LogP contribution in [-0.4, -0.2) is 30.2 Å². The topological polar surface area (TPSA) is 48.4 Å². The van der Waals surface area contributed by atoms with Gasteiger partial charge in [-0.3, -0.25) is 4.79 Å². The Hall–Kier alpha value is -1.54. The van der Waals surface area contributed by atoms with Gasteiger partial charge in [0.05, 0.1) is 5.52 Å². The van der Waals surface area contributed by atoms with Gasteiger partial charge in [-0.15, -0.1) is 0 Å². The lowest BCUT2D eigenvalue weighted by atomic mass is 9.64. The number of alkyl halides is 3. The van der Waals surface area contributed by atoms with Crippen molar-refractivity contribution in [2.75, 3.05) is 13.2 Å². The molecule has 1 saturated carbocycles. The zero-order valence-electron chi connectivity index (χ0n) is 12.2. The monoisotopic (exact) mass is 377 g/mol. The Bertz CT molecular complexity index is 845. The summed E-state index contributed by atoms with van der Waals surface area (Å²) in [6.45, 7) is 0.584. The molecule has 0 spiro atoms. The first-order valence-electron chi connectivity index (χ1n) is 7.34. The maximum atomic E-state index is 13.5. The minimum absolute atomic E-state index is 0.102. The average Bonchev–Trinajstić information content (AvgIpc) is 2.85. The van der Waals surface area contributed by atoms with Gasteiger partial charge in [-0.2, -0.15) is 13.2 Å². The third-order valence-corrected chi connectivity index (χ3v) is 5.74. The third-order valence-electron chi connectivity index (χ3n) is 4.58. The highest BCUT2D eigenvalue weighted by atomic mass is 35.5. The average molecular weight is 378 g/mol. The van der Waals surface area contributed by atoms with Crippen LogP contribution in [0.4, 0.5) is 13.2 Å². The molecule has 0 N–H and O–H groups in total. The first-order chi connectivity index (χ1) is 11.3. The van der Waals surface area contributed by atoms with E-state index in [-0.39, 0.29) is 40.7 Å². The molecule has 24 heavy (non-hydrogen) atoms. The van der Waals surface area contributed by atoms with Crippen LogP contribution in [0.3, 0.4) is 0 Å². The van der Waals surface area contributed by atoms with Crippen LogP contribution >= 0.6 is 22.9 Å². The summed E-state index contributed by atoms with van der Waals surface area (Å²) >= 11 is 6.99. The molecule has 2 aliphatic rings. The van der Waals surface area contributed by atoms with Crippen LogP contribution in [0.2, 0.25) is 4.47 Å². The summed E-state index contributed by atoms with van der Waals surface area (Å²) in [4.78, 5) is 16.9. The van der Waals surface area contributed by atoms with Gasteiger partial charge in [-0.05, 0) is 18.9 Å². The number of hydrogen-bond donors (Lipinski definition) is 0. The Morgan fingerprint density at radius 2 is 2.00 bits per heavy atom. The molecule has 0 radical (unpaired) electrons. The Morgan fingerprint density at radius 3 is 2.62 bits per heavy atom. The van der Waals surface area contributed by atoms with Gasteiger partial charge in [0.25, 0.3) is 0 Å². The number of ether oxygens (including phenoxy) is 2. The predicted molar refractivity (Wildman–Crippen MR) is 82.3 cm³/mol. The van der Waals surface area contributed by atoms with E-state index in [1.54, 1.807) is 0 Å². The van der Waals surface area contributed by atoms with Crippen LogP contribution in [-0.2, 0) is 0 Å². The van der Waals surface area contributed by atoms with E-state index in [9.17, 15) is 18.0 Å². The van der Waals surface area contributed by atoms with Crippen LogP contribution in [0.1, 0.15) is 29.6 Å². The molecule has 9 heteroatoms. The number of benzene rings is 1. The second-order valence-electron chi connectivity index (χ2n) is 5.86. The van der Waals surface area contributed by atoms with Gasteiger partial charge in [0.2, 0.25) is 0 Å². The maximum absolute atomic E-state index is 13.5. The second kappa shape index (κ2) is 5.23. The molecular formula is C15H11ClF3NO3S. The molecule has 4 nitrogen and oxygen atoms in total. The van der Waals surface area contributed by atoms with E-state index in [1.165, 1.54) is 6.07 Å². The minimum atomic E-state index is -4.60. The molecule has 128 valence electrons. The van der Waals surface area contributed by atoms with E-state index in [2.05, 4.69) is 4.98 Å². The van der Waals surface area contributed by atoms with E-state index in [0.29, 0.717) is 23.5 Å². The number of ketones is 1. The van der Waals surface area contributed by atoms with Crippen molar-refractivity contribution < 1.29 is 27.4 Å². The lowest BCUT2D eigenvalue weighted by Crippen LogP contribution is -2.50. The van der Waals surface area contributed by atoms with E-state index in [4.69, 9.17) is 21.1 Å². The van der Waals surface area contributed by atoms with E-state index in [1.807, 2.05) is 0 Å². The number of fused-ring (bicyclic) bond motifs is 3. The molecule has 1 aliphatic heterocycles. The minimum Gasteiger partial charge on any atom is -0.486 e. The summed E-state index contributed by atoms with van der Waals surface area (Å²) in [5, 5.41) is 0. The number of carbonyl (C=O) groups is 1. The van der Waals surface area contributed by atoms with Gasteiger partial charge in [0.15, 0.2) is 21.7 Å². The van der Waals surface area contributed by atoms with Gasteiger partial charge in [0, 0.05) is 5.56 Å². The Balaban J connectivity index is 1.92. The summed E-state index contributed by atoms with van der Waals surface area (Å²) in [5.74, 6) is -0.328. The molecule has 1 fully saturated rings. The van der Waals surface area contributed by atoms with E-state index < -0.39 is 17.4 Å². The Kier molecular flexibility index (Phi) is 3.47. The number of carbonyl (C=O) groups excluding carboxylic acids is 1. The summed E-state index contributed by atoms with van der Waals surface area (Å²) < 4.78 is 52.1. The molecule has 2 aromatic rings. The quantitative estimate of drug-likeness (QED) is 0.715. The smallest absolute Gasteiger partial charge is 0.401 e. The van der Waals surface area contributed by atoms with Crippen molar-refractivity contribution in [2.24, 2.45) is 5.41 Å². The van der Waals surface area contributed by atoms with Crippen molar-refractivity contribution in [3.05, 3.63) is 16.1 Å². The van der Waals surface area contributed by atoms with Crippen LogP contribution < -0.4 is 9.47 Å². The summed E-state index contributed by atoms with van der Waals surface area (Å²) in [5.41, 5.74) is -2.29. The largest absolute Gasteiger partial charge is 0.486 e. The van der Waals surface area contributed by atoms with Crippen molar-refractivity contribution in [2.45, 2.75) is 25.4 Å². The SMILES string of the molecule is O=C(c1cc2c(c3sc(Cl)nc13)OCCO2)C1(C(F)(F)F)CCC1. The highest BCUT2D eigenvalue weighted by Crippen LogP contribution is 2.56. The number of rotatable bonds is 2. The molecule has 0 saturated heterocycles. The fourth-order valence-corrected chi connectivity index (χ4v) is 4.27. The fraction of sp³-hybridized carbons (Fsp3) is 0.467. The van der Waals surface area contributed by atoms with Crippen molar-refractivity contribution in [3.8, 4) is 11.5 Å². The van der Waals surface area contributed by atoms with Crippen molar-refractivity contribution >= 4 is 38.9 Å². The molecule has 0 bridgehead atoms. The van der Waals surface area contributed by atoms with Gasteiger partial charge in [0.1, 0.15) is 23.3 Å². The molecule has 0 atom stereocenters. The third kappa shape index (κ3) is 2.12. The standard InChI is InChI=1S/C15H11ClF3NO3S/c16-13-20-9-7(12(21)14(2-1-3-14)15(17,18)19)6-8-10(11(9)24-13)23-5-4-22-8/h6H,1-5H2. The summed E-state index contributed by atoms with van der Waals surface area (Å²) in [6.07, 6.45) is -4.63. The number of hydrogen-bond acceptors (Lipinski definition) is 5. The van der Waals surface area contributed by atoms with Gasteiger partial charge >= 0.3 is 6.18 Å². The normalized spacial score (nSPS) is 19.2. The molecule has 4 rings (SSSR count). The van der Waals surface area contributed by atoms with E-state index in [0.717, 1.165) is 11.3 Å². The zero-order chi connectivity index (χ0) is 17.1. The predicted octanol–water partition coefficient (Wildman–Crippen LogP) is 4.64. The second-order valence-corrected chi connectivity index (χ2v) is 7.44. The van der Waals surface area contributed by atoms with Crippen molar-refractivity contribution in [1.82, 2.24) is 4.98 Å². The zero-order valence-corrected chi connectivity index (χ0v) is 13.8. The molecule has 1 aromatic carbocycles. The highest BCUT2D eigenvalue weighted by Gasteiger charge is 2.63. The van der Waals surface area contributed by atoms with Crippen LogP contribution in [0.15, 0.2) is 6.07 Å². The lowest BCUT2D eigenvalue weighted by molar-refractivity contribution is -0.226. The molecule has 1 aliphatic carbocycles. The number of thiazole rings is 1. The number of halogens is 4. The van der Waals surface area contributed by atoms with E-state index >= 15 is 0 Å². The van der Waals surface area contributed by atoms with Crippen molar-refractivity contribution in [1.29, 1.82) is 0 Å². The van der Waals surface area contributed by atoms with Crippen LogP contribution in [0.5, 0.6) is 11.5 Å². The molecular weight excluding hydrogens is 367 g/mol. The van der Waals surface area contributed by atoms with Gasteiger partial charge < -0.3 is 9.47 Å². The number of aromatic nitrogens is 1. The molecule has 2 heterocycles. The Labute approximate surface area is 143 Å². The summed E-state index contributed by atoms with van der Waals surface area (Å²) in [7, 11) is 0. The van der Waals surface area contributed by atoms with Crippen LogP contribution in [0, 0.1) is 5.41 Å². The van der Waals surface area contributed by atoms with Crippen LogP contribution in [0.25, 0.3) is 10.2 Å². The molecule has 0 amide bonds. The van der Waals surface area contributed by atoms with Crippen molar-refractivity contribution in [3.63, 3.8) is 0 Å². The van der Waals surface area contributed by atoms with Gasteiger partial charge in [-0.25, -0.2) is 4.98 Å². The Morgan fingerprint density at radius 1 is 1.29 bits per heavy atom. The highest BCUT2D eigenvalue weighted by molar-refractivity contribution is 7.22. The maximum Gasteiger partial charge on any atom is 0.401 e. The fourth-order valence-electron chi connectivity index (χ4n) is 3.15. The first-order valence-corrected chi connectivity index (χ1v) is 8.53.